The van der Waals surface area contributed by atoms with Gasteiger partial charge in [-0.05, 0) is 37.5 Å². The van der Waals surface area contributed by atoms with Crippen LogP contribution in [0.5, 0.6) is 0 Å². The standard InChI is InChI=1S/C11H14F3N/c1-7-3-4-9(5-8(2)15)6-10(7)11(12,13)14/h3-4,6,8H,5,15H2,1-2H3/t8-/m1/s1. The minimum Gasteiger partial charge on any atom is -0.328 e. The van der Waals surface area contributed by atoms with Gasteiger partial charge in [0, 0.05) is 6.04 Å². The molecule has 1 aromatic rings. The SMILES string of the molecule is Cc1ccc(C[C@@H](C)N)cc1C(F)(F)F. The molecule has 0 aromatic heterocycles. The Kier molecular flexibility index (Phi) is 3.39. The first kappa shape index (κ1) is 12.0. The molecule has 0 saturated carbocycles. The maximum absolute atomic E-state index is 12.5. The molecule has 1 nitrogen and oxygen atoms in total. The van der Waals surface area contributed by atoms with E-state index in [4.69, 9.17) is 5.73 Å². The van der Waals surface area contributed by atoms with Crippen molar-refractivity contribution in [1.29, 1.82) is 0 Å². The van der Waals surface area contributed by atoms with E-state index in [1.807, 2.05) is 0 Å². The van der Waals surface area contributed by atoms with Crippen LogP contribution < -0.4 is 5.73 Å². The highest BCUT2D eigenvalue weighted by Gasteiger charge is 2.32. The molecule has 0 amide bonds. The summed E-state index contributed by atoms with van der Waals surface area (Å²) in [5.74, 6) is 0. The number of benzene rings is 1. The molecule has 1 rings (SSSR count). The molecule has 4 heteroatoms. The van der Waals surface area contributed by atoms with Crippen molar-refractivity contribution in [2.75, 3.05) is 0 Å². The first-order valence-corrected chi connectivity index (χ1v) is 4.73. The van der Waals surface area contributed by atoms with Gasteiger partial charge in [0.1, 0.15) is 0 Å². The van der Waals surface area contributed by atoms with Gasteiger partial charge in [0.05, 0.1) is 5.56 Å². The molecule has 2 N–H and O–H groups in total. The van der Waals surface area contributed by atoms with Crippen molar-refractivity contribution in [2.45, 2.75) is 32.5 Å². The van der Waals surface area contributed by atoms with E-state index < -0.39 is 11.7 Å². The molecule has 0 radical (unpaired) electrons. The first-order chi connectivity index (χ1) is 6.80. The van der Waals surface area contributed by atoms with Crippen LogP contribution >= 0.6 is 0 Å². The van der Waals surface area contributed by atoms with Crippen LogP contribution in [0.2, 0.25) is 0 Å². The number of hydrogen-bond donors (Lipinski definition) is 1. The van der Waals surface area contributed by atoms with Gasteiger partial charge in [0.25, 0.3) is 0 Å². The van der Waals surface area contributed by atoms with Crippen molar-refractivity contribution in [3.05, 3.63) is 34.9 Å². The predicted molar refractivity (Wildman–Crippen MR) is 53.5 cm³/mol. The number of halogens is 3. The lowest BCUT2D eigenvalue weighted by molar-refractivity contribution is -0.138. The Morgan fingerprint density at radius 2 is 1.93 bits per heavy atom. The summed E-state index contributed by atoms with van der Waals surface area (Å²) in [5, 5.41) is 0. The molecule has 0 fully saturated rings. The molecular weight excluding hydrogens is 203 g/mol. The zero-order valence-corrected chi connectivity index (χ0v) is 8.73. The lowest BCUT2D eigenvalue weighted by Crippen LogP contribution is -2.18. The molecule has 0 unspecified atom stereocenters. The maximum atomic E-state index is 12.5. The third kappa shape index (κ3) is 3.23. The molecule has 15 heavy (non-hydrogen) atoms. The topological polar surface area (TPSA) is 26.0 Å². The third-order valence-electron chi connectivity index (χ3n) is 2.17. The van der Waals surface area contributed by atoms with Gasteiger partial charge in [-0.3, -0.25) is 0 Å². The van der Waals surface area contributed by atoms with Gasteiger partial charge in [0.2, 0.25) is 0 Å². The molecule has 1 atom stereocenters. The van der Waals surface area contributed by atoms with Crippen molar-refractivity contribution >= 4 is 0 Å². The summed E-state index contributed by atoms with van der Waals surface area (Å²) in [5.41, 5.74) is 5.85. The van der Waals surface area contributed by atoms with Crippen molar-refractivity contribution in [3.8, 4) is 0 Å². The second kappa shape index (κ2) is 4.23. The van der Waals surface area contributed by atoms with E-state index in [1.165, 1.54) is 19.1 Å². The van der Waals surface area contributed by atoms with Gasteiger partial charge in [0.15, 0.2) is 0 Å². The minimum absolute atomic E-state index is 0.131. The molecule has 1 aromatic carbocycles. The molecule has 0 aliphatic heterocycles. The average Bonchev–Trinajstić information content (AvgIpc) is 2.05. The van der Waals surface area contributed by atoms with E-state index in [9.17, 15) is 13.2 Å². The highest BCUT2D eigenvalue weighted by atomic mass is 19.4. The molecule has 0 spiro atoms. The minimum atomic E-state index is -4.28. The number of rotatable bonds is 2. The number of alkyl halides is 3. The van der Waals surface area contributed by atoms with E-state index in [1.54, 1.807) is 13.0 Å². The molecular formula is C11H14F3N. The van der Waals surface area contributed by atoms with Crippen molar-refractivity contribution in [3.63, 3.8) is 0 Å². The maximum Gasteiger partial charge on any atom is 0.416 e. The third-order valence-corrected chi connectivity index (χ3v) is 2.17. The summed E-state index contributed by atoms with van der Waals surface area (Å²) in [7, 11) is 0. The summed E-state index contributed by atoms with van der Waals surface area (Å²) in [6, 6.07) is 4.22. The van der Waals surface area contributed by atoms with Gasteiger partial charge in [-0.25, -0.2) is 0 Å². The molecule has 0 aliphatic rings. The normalized spacial score (nSPS) is 14.0. The quantitative estimate of drug-likeness (QED) is 0.809. The highest BCUT2D eigenvalue weighted by Crippen LogP contribution is 2.32. The lowest BCUT2D eigenvalue weighted by atomic mass is 10.0. The second-order valence-electron chi connectivity index (χ2n) is 3.83. The van der Waals surface area contributed by atoms with Crippen LogP contribution in [0.25, 0.3) is 0 Å². The summed E-state index contributed by atoms with van der Waals surface area (Å²) < 4.78 is 37.6. The van der Waals surface area contributed by atoms with E-state index >= 15 is 0 Å². The average molecular weight is 217 g/mol. The predicted octanol–water partition coefficient (Wildman–Crippen LogP) is 2.90. The fraction of sp³-hybridized carbons (Fsp3) is 0.455. The number of nitrogens with two attached hydrogens (primary N) is 1. The molecule has 0 bridgehead atoms. The van der Waals surface area contributed by atoms with Crippen molar-refractivity contribution in [1.82, 2.24) is 0 Å². The lowest BCUT2D eigenvalue weighted by Gasteiger charge is -2.13. The molecule has 0 aliphatic carbocycles. The monoisotopic (exact) mass is 217 g/mol. The van der Waals surface area contributed by atoms with Gasteiger partial charge < -0.3 is 5.73 Å². The Hall–Kier alpha value is -1.03. The summed E-state index contributed by atoms with van der Waals surface area (Å²) in [6.07, 6.45) is -3.82. The molecule has 84 valence electrons. The van der Waals surface area contributed by atoms with E-state index in [2.05, 4.69) is 0 Å². The van der Waals surface area contributed by atoms with Crippen LogP contribution in [0, 0.1) is 6.92 Å². The van der Waals surface area contributed by atoms with Gasteiger partial charge >= 0.3 is 6.18 Å². The second-order valence-corrected chi connectivity index (χ2v) is 3.83. The summed E-state index contributed by atoms with van der Waals surface area (Å²) >= 11 is 0. The van der Waals surface area contributed by atoms with E-state index in [-0.39, 0.29) is 11.6 Å². The van der Waals surface area contributed by atoms with Crippen LogP contribution in [0.4, 0.5) is 13.2 Å². The first-order valence-electron chi connectivity index (χ1n) is 4.73. The Labute approximate surface area is 87.1 Å². The summed E-state index contributed by atoms with van der Waals surface area (Å²) in [4.78, 5) is 0. The van der Waals surface area contributed by atoms with E-state index in [0.29, 0.717) is 12.0 Å². The van der Waals surface area contributed by atoms with Gasteiger partial charge in [-0.1, -0.05) is 12.1 Å². The smallest absolute Gasteiger partial charge is 0.328 e. The Bertz CT molecular complexity index is 342. The fourth-order valence-electron chi connectivity index (χ4n) is 1.47. The molecule has 0 heterocycles. The van der Waals surface area contributed by atoms with Crippen LogP contribution in [0.1, 0.15) is 23.6 Å². The van der Waals surface area contributed by atoms with Crippen LogP contribution in [0.3, 0.4) is 0 Å². The Morgan fingerprint density at radius 1 is 1.33 bits per heavy atom. The van der Waals surface area contributed by atoms with Crippen molar-refractivity contribution < 1.29 is 13.2 Å². The zero-order chi connectivity index (χ0) is 11.6. The van der Waals surface area contributed by atoms with Crippen LogP contribution in [-0.4, -0.2) is 6.04 Å². The number of aryl methyl sites for hydroxylation is 1. The molecule has 0 saturated heterocycles. The number of hydrogen-bond acceptors (Lipinski definition) is 1. The Morgan fingerprint density at radius 3 is 2.40 bits per heavy atom. The van der Waals surface area contributed by atoms with Crippen molar-refractivity contribution in [2.24, 2.45) is 5.73 Å². The largest absolute Gasteiger partial charge is 0.416 e. The Balaban J connectivity index is 3.06. The van der Waals surface area contributed by atoms with Gasteiger partial charge in [-0.15, -0.1) is 0 Å². The van der Waals surface area contributed by atoms with Crippen LogP contribution in [-0.2, 0) is 12.6 Å². The van der Waals surface area contributed by atoms with Gasteiger partial charge in [-0.2, -0.15) is 13.2 Å². The van der Waals surface area contributed by atoms with E-state index in [0.717, 1.165) is 0 Å². The van der Waals surface area contributed by atoms with Crippen LogP contribution in [0.15, 0.2) is 18.2 Å². The fourth-order valence-corrected chi connectivity index (χ4v) is 1.47. The summed E-state index contributed by atoms with van der Waals surface area (Å²) in [6.45, 7) is 3.23. The highest BCUT2D eigenvalue weighted by molar-refractivity contribution is 5.33. The zero-order valence-electron chi connectivity index (χ0n) is 8.73.